The molecule has 2 fully saturated rings. The standard InChI is InChI=1S/C19H26N2O4/c1-14-4-2-3-5-15(14)18-16(19(23)24)6-7-17(22)21(18)9-8-20-10-12-25-13-11-20/h2-5,16,18H,6-13H2,1H3,(H,23,24)/t16-,18-/m0/s1. The smallest absolute Gasteiger partial charge is 0.308 e. The van der Waals surface area contributed by atoms with E-state index in [1.807, 2.05) is 31.2 Å². The van der Waals surface area contributed by atoms with Crippen molar-refractivity contribution in [2.45, 2.75) is 25.8 Å². The first-order chi connectivity index (χ1) is 12.1. The third kappa shape index (κ3) is 4.02. The summed E-state index contributed by atoms with van der Waals surface area (Å²) in [6.07, 6.45) is 0.712. The SMILES string of the molecule is Cc1ccccc1[C@H]1[C@@H](C(=O)O)CCC(=O)N1CCN1CCOCC1. The Balaban J connectivity index is 1.83. The summed E-state index contributed by atoms with van der Waals surface area (Å²) in [6.45, 7) is 6.44. The van der Waals surface area contributed by atoms with Gasteiger partial charge in [-0.05, 0) is 24.5 Å². The Morgan fingerprint density at radius 1 is 1.24 bits per heavy atom. The minimum atomic E-state index is -0.822. The van der Waals surface area contributed by atoms with E-state index < -0.39 is 11.9 Å². The van der Waals surface area contributed by atoms with Gasteiger partial charge in [0, 0.05) is 32.6 Å². The topological polar surface area (TPSA) is 70.1 Å². The van der Waals surface area contributed by atoms with Gasteiger partial charge in [0.1, 0.15) is 0 Å². The summed E-state index contributed by atoms with van der Waals surface area (Å²) in [5.41, 5.74) is 1.98. The zero-order valence-corrected chi connectivity index (χ0v) is 14.7. The minimum absolute atomic E-state index is 0.0546. The molecule has 1 N–H and O–H groups in total. The maximum absolute atomic E-state index is 12.6. The molecule has 2 aliphatic rings. The molecular formula is C19H26N2O4. The van der Waals surface area contributed by atoms with Gasteiger partial charge >= 0.3 is 5.97 Å². The molecule has 6 nitrogen and oxygen atoms in total. The van der Waals surface area contributed by atoms with Crippen LogP contribution in [0.4, 0.5) is 0 Å². The number of nitrogens with zero attached hydrogens (tertiary/aromatic N) is 2. The predicted molar refractivity (Wildman–Crippen MR) is 93.3 cm³/mol. The lowest BCUT2D eigenvalue weighted by Gasteiger charge is -2.41. The van der Waals surface area contributed by atoms with E-state index in [2.05, 4.69) is 4.90 Å². The van der Waals surface area contributed by atoms with Crippen LogP contribution in [-0.2, 0) is 14.3 Å². The molecule has 1 amide bonds. The number of carbonyl (C=O) groups is 2. The molecule has 2 aliphatic heterocycles. The van der Waals surface area contributed by atoms with E-state index in [9.17, 15) is 14.7 Å². The van der Waals surface area contributed by atoms with E-state index in [1.54, 1.807) is 4.90 Å². The fraction of sp³-hybridized carbons (Fsp3) is 0.579. The lowest BCUT2D eigenvalue weighted by Crippen LogP contribution is -2.49. The molecule has 0 bridgehead atoms. The van der Waals surface area contributed by atoms with E-state index in [1.165, 1.54) is 0 Å². The molecule has 0 aliphatic carbocycles. The Bertz CT molecular complexity index is 628. The number of rotatable bonds is 5. The number of carbonyl (C=O) groups excluding carboxylic acids is 1. The summed E-state index contributed by atoms with van der Waals surface area (Å²) in [6, 6.07) is 7.41. The van der Waals surface area contributed by atoms with E-state index in [0.717, 1.165) is 30.8 Å². The average molecular weight is 346 g/mol. The molecule has 25 heavy (non-hydrogen) atoms. The van der Waals surface area contributed by atoms with E-state index in [-0.39, 0.29) is 11.9 Å². The highest BCUT2D eigenvalue weighted by molar-refractivity contribution is 5.82. The van der Waals surface area contributed by atoms with Crippen molar-refractivity contribution in [3.05, 3.63) is 35.4 Å². The molecule has 1 aromatic carbocycles. The largest absolute Gasteiger partial charge is 0.481 e. The summed E-state index contributed by atoms with van der Waals surface area (Å²) in [7, 11) is 0. The Hall–Kier alpha value is -1.92. The molecule has 1 aromatic rings. The second-order valence-corrected chi connectivity index (χ2v) is 6.83. The maximum Gasteiger partial charge on any atom is 0.308 e. The van der Waals surface area contributed by atoms with Crippen molar-refractivity contribution >= 4 is 11.9 Å². The number of piperidine rings is 1. The van der Waals surface area contributed by atoms with Crippen LogP contribution in [0, 0.1) is 12.8 Å². The number of likely N-dealkylation sites (tertiary alicyclic amines) is 1. The van der Waals surface area contributed by atoms with Crippen molar-refractivity contribution in [1.29, 1.82) is 0 Å². The number of morpholine rings is 1. The summed E-state index contributed by atoms with van der Waals surface area (Å²) in [5.74, 6) is -1.32. The van der Waals surface area contributed by atoms with Crippen LogP contribution in [0.1, 0.15) is 30.0 Å². The first-order valence-electron chi connectivity index (χ1n) is 8.96. The average Bonchev–Trinajstić information content (AvgIpc) is 2.61. The van der Waals surface area contributed by atoms with Crippen LogP contribution in [0.2, 0.25) is 0 Å². The molecule has 0 saturated carbocycles. The number of carboxylic acids is 1. The minimum Gasteiger partial charge on any atom is -0.481 e. The van der Waals surface area contributed by atoms with Crippen molar-refractivity contribution in [1.82, 2.24) is 9.80 Å². The number of carboxylic acid groups (broad SMARTS) is 1. The molecule has 136 valence electrons. The van der Waals surface area contributed by atoms with Gasteiger partial charge in [0.2, 0.25) is 5.91 Å². The van der Waals surface area contributed by atoms with Gasteiger partial charge in [-0.15, -0.1) is 0 Å². The van der Waals surface area contributed by atoms with Crippen LogP contribution >= 0.6 is 0 Å². The fourth-order valence-electron chi connectivity index (χ4n) is 3.85. The summed E-state index contributed by atoms with van der Waals surface area (Å²) in [5, 5.41) is 9.72. The van der Waals surface area contributed by atoms with E-state index >= 15 is 0 Å². The van der Waals surface area contributed by atoms with Crippen LogP contribution in [-0.4, -0.2) is 66.2 Å². The third-order valence-corrected chi connectivity index (χ3v) is 5.29. The molecule has 6 heteroatoms. The Labute approximate surface area is 148 Å². The first-order valence-corrected chi connectivity index (χ1v) is 8.96. The van der Waals surface area contributed by atoms with E-state index in [0.29, 0.717) is 32.6 Å². The van der Waals surface area contributed by atoms with Gasteiger partial charge in [-0.1, -0.05) is 24.3 Å². The Kier molecular flexibility index (Phi) is 5.71. The zero-order valence-electron chi connectivity index (χ0n) is 14.7. The number of benzene rings is 1. The number of aliphatic carboxylic acids is 1. The lowest BCUT2D eigenvalue weighted by molar-refractivity contribution is -0.152. The molecular weight excluding hydrogens is 320 g/mol. The van der Waals surface area contributed by atoms with Crippen LogP contribution < -0.4 is 0 Å². The number of ether oxygens (including phenoxy) is 1. The quantitative estimate of drug-likeness (QED) is 0.879. The number of hydrogen-bond acceptors (Lipinski definition) is 4. The molecule has 3 rings (SSSR count). The molecule has 2 saturated heterocycles. The second-order valence-electron chi connectivity index (χ2n) is 6.83. The number of amides is 1. The molecule has 0 unspecified atom stereocenters. The van der Waals surface area contributed by atoms with Crippen molar-refractivity contribution in [2.75, 3.05) is 39.4 Å². The van der Waals surface area contributed by atoms with E-state index in [4.69, 9.17) is 4.74 Å². The van der Waals surface area contributed by atoms with Crippen molar-refractivity contribution in [3.63, 3.8) is 0 Å². The van der Waals surface area contributed by atoms with Crippen LogP contribution in [0.25, 0.3) is 0 Å². The normalized spacial score (nSPS) is 25.2. The van der Waals surface area contributed by atoms with Gasteiger partial charge in [0.15, 0.2) is 0 Å². The number of aryl methyl sites for hydroxylation is 1. The van der Waals surface area contributed by atoms with Crippen molar-refractivity contribution in [3.8, 4) is 0 Å². The third-order valence-electron chi connectivity index (χ3n) is 5.29. The molecule has 0 aromatic heterocycles. The highest BCUT2D eigenvalue weighted by Crippen LogP contribution is 2.38. The monoisotopic (exact) mass is 346 g/mol. The predicted octanol–water partition coefficient (Wildman–Crippen LogP) is 1.69. The Morgan fingerprint density at radius 3 is 2.64 bits per heavy atom. The first kappa shape index (κ1) is 17.9. The van der Waals surface area contributed by atoms with Gasteiger partial charge in [-0.25, -0.2) is 0 Å². The highest BCUT2D eigenvalue weighted by Gasteiger charge is 2.41. The highest BCUT2D eigenvalue weighted by atomic mass is 16.5. The maximum atomic E-state index is 12.6. The van der Waals surface area contributed by atoms with Crippen LogP contribution in [0.3, 0.4) is 0 Å². The molecule has 2 atom stereocenters. The van der Waals surface area contributed by atoms with Gasteiger partial charge in [0.25, 0.3) is 0 Å². The lowest BCUT2D eigenvalue weighted by atomic mass is 9.82. The molecule has 2 heterocycles. The summed E-state index contributed by atoms with van der Waals surface area (Å²) < 4.78 is 5.37. The van der Waals surface area contributed by atoms with Gasteiger partial charge < -0.3 is 14.7 Å². The van der Waals surface area contributed by atoms with Gasteiger partial charge in [0.05, 0.1) is 25.2 Å². The zero-order chi connectivity index (χ0) is 17.8. The van der Waals surface area contributed by atoms with Crippen LogP contribution in [0.15, 0.2) is 24.3 Å². The molecule has 0 radical (unpaired) electrons. The van der Waals surface area contributed by atoms with Crippen molar-refractivity contribution < 1.29 is 19.4 Å². The molecule has 0 spiro atoms. The second kappa shape index (κ2) is 7.97. The van der Waals surface area contributed by atoms with Gasteiger partial charge in [-0.2, -0.15) is 0 Å². The Morgan fingerprint density at radius 2 is 1.96 bits per heavy atom. The number of hydrogen-bond donors (Lipinski definition) is 1. The van der Waals surface area contributed by atoms with Crippen LogP contribution in [0.5, 0.6) is 0 Å². The summed E-state index contributed by atoms with van der Waals surface area (Å²) >= 11 is 0. The van der Waals surface area contributed by atoms with Gasteiger partial charge in [-0.3, -0.25) is 14.5 Å². The van der Waals surface area contributed by atoms with Crippen molar-refractivity contribution in [2.24, 2.45) is 5.92 Å². The summed E-state index contributed by atoms with van der Waals surface area (Å²) in [4.78, 5) is 28.5. The fourth-order valence-corrected chi connectivity index (χ4v) is 3.85.